The van der Waals surface area contributed by atoms with E-state index in [9.17, 15) is 13.7 Å². The summed E-state index contributed by atoms with van der Waals surface area (Å²) in [7, 11) is -3.29. The molecule has 1 aromatic heterocycles. The summed E-state index contributed by atoms with van der Waals surface area (Å²) in [6, 6.07) is 16.9. The maximum Gasteiger partial charge on any atom is 0.235 e. The van der Waals surface area contributed by atoms with E-state index in [1.54, 1.807) is 0 Å². The zero-order valence-electron chi connectivity index (χ0n) is 18.6. The number of nitrogens with one attached hydrogen (secondary N) is 1. The molecule has 1 aliphatic heterocycles. The fourth-order valence-corrected chi connectivity index (χ4v) is 6.60. The van der Waals surface area contributed by atoms with Crippen LogP contribution in [0.25, 0.3) is 22.2 Å². The molecule has 3 aromatic rings. The summed E-state index contributed by atoms with van der Waals surface area (Å²) in [5, 5.41) is 10.9. The molecule has 1 saturated heterocycles. The van der Waals surface area contributed by atoms with Crippen LogP contribution in [0.1, 0.15) is 56.6 Å². The van der Waals surface area contributed by atoms with Crippen molar-refractivity contribution >= 4 is 32.3 Å². The normalized spacial score (nSPS) is 18.9. The molecule has 3 aliphatic rings. The minimum atomic E-state index is -3.29. The van der Waals surface area contributed by atoms with Gasteiger partial charge in [0.1, 0.15) is 6.07 Å². The summed E-state index contributed by atoms with van der Waals surface area (Å²) < 4.78 is 29.7. The average molecular weight is 461 g/mol. The third-order valence-corrected chi connectivity index (χ3v) is 9.26. The van der Waals surface area contributed by atoms with Crippen molar-refractivity contribution in [1.82, 2.24) is 4.57 Å². The molecule has 3 fully saturated rings. The van der Waals surface area contributed by atoms with Gasteiger partial charge in [-0.05, 0) is 80.8 Å². The summed E-state index contributed by atoms with van der Waals surface area (Å²) in [5.74, 6) is 0. The third-order valence-electron chi connectivity index (χ3n) is 7.39. The van der Waals surface area contributed by atoms with Crippen LogP contribution in [-0.4, -0.2) is 31.3 Å². The number of hydrogen-bond donors (Lipinski definition) is 1. The Morgan fingerprint density at radius 1 is 0.939 bits per heavy atom. The first-order chi connectivity index (χ1) is 16.0. The van der Waals surface area contributed by atoms with Crippen LogP contribution >= 0.6 is 0 Å². The monoisotopic (exact) mass is 460 g/mol. The molecule has 33 heavy (non-hydrogen) atoms. The fourth-order valence-electron chi connectivity index (χ4n) is 5.21. The SMILES string of the molecule is N#Cc1c(-c2ccc(NS(=O)(=O)C3CC3)cc2)n(C2CCC2)c2cc(N3CCCC3)ccc12. The Labute approximate surface area is 194 Å². The Balaban J connectivity index is 1.45. The van der Waals surface area contributed by atoms with Crippen molar-refractivity contribution in [2.45, 2.75) is 56.2 Å². The lowest BCUT2D eigenvalue weighted by atomic mass is 9.92. The molecular weight excluding hydrogens is 432 g/mol. The van der Waals surface area contributed by atoms with Crippen molar-refractivity contribution in [1.29, 1.82) is 5.26 Å². The summed E-state index contributed by atoms with van der Waals surface area (Å²) >= 11 is 0. The molecular formula is C26H28N4O2S. The Morgan fingerprint density at radius 2 is 1.67 bits per heavy atom. The van der Waals surface area contributed by atoms with E-state index in [-0.39, 0.29) is 5.25 Å². The van der Waals surface area contributed by atoms with E-state index in [1.807, 2.05) is 24.3 Å². The van der Waals surface area contributed by atoms with E-state index in [0.29, 0.717) is 17.3 Å². The Kier molecular flexibility index (Phi) is 4.88. The molecule has 0 amide bonds. The van der Waals surface area contributed by atoms with Gasteiger partial charge in [-0.15, -0.1) is 0 Å². The topological polar surface area (TPSA) is 78.1 Å². The number of sulfonamides is 1. The van der Waals surface area contributed by atoms with E-state index in [0.717, 1.165) is 60.9 Å². The molecule has 6 rings (SSSR count). The lowest BCUT2D eigenvalue weighted by Crippen LogP contribution is -2.19. The number of rotatable bonds is 6. The van der Waals surface area contributed by atoms with E-state index < -0.39 is 10.0 Å². The first-order valence-electron chi connectivity index (χ1n) is 12.0. The van der Waals surface area contributed by atoms with Gasteiger partial charge in [0, 0.05) is 35.9 Å². The Hall–Kier alpha value is -2.98. The van der Waals surface area contributed by atoms with Crippen molar-refractivity contribution in [3.8, 4) is 17.3 Å². The van der Waals surface area contributed by atoms with Gasteiger partial charge in [-0.3, -0.25) is 4.72 Å². The van der Waals surface area contributed by atoms with Crippen LogP contribution < -0.4 is 9.62 Å². The second-order valence-electron chi connectivity index (χ2n) is 9.61. The van der Waals surface area contributed by atoms with Gasteiger partial charge in [-0.1, -0.05) is 12.1 Å². The highest BCUT2D eigenvalue weighted by atomic mass is 32.2. The van der Waals surface area contributed by atoms with Crippen molar-refractivity contribution in [3.63, 3.8) is 0 Å². The predicted octanol–water partition coefficient (Wildman–Crippen LogP) is 5.41. The van der Waals surface area contributed by atoms with Gasteiger partial charge in [0.15, 0.2) is 0 Å². The molecule has 6 nitrogen and oxygen atoms in total. The van der Waals surface area contributed by atoms with Gasteiger partial charge in [0.2, 0.25) is 10.0 Å². The van der Waals surface area contributed by atoms with E-state index >= 15 is 0 Å². The van der Waals surface area contributed by atoms with Crippen LogP contribution in [0.4, 0.5) is 11.4 Å². The van der Waals surface area contributed by atoms with E-state index in [2.05, 4.69) is 38.5 Å². The zero-order valence-corrected chi connectivity index (χ0v) is 19.4. The second-order valence-corrected chi connectivity index (χ2v) is 11.6. The first-order valence-corrected chi connectivity index (χ1v) is 13.5. The molecule has 2 heterocycles. The van der Waals surface area contributed by atoms with Crippen LogP contribution in [0.2, 0.25) is 0 Å². The summed E-state index contributed by atoms with van der Waals surface area (Å²) in [6.45, 7) is 2.18. The fraction of sp³-hybridized carbons (Fsp3) is 0.423. The quantitative estimate of drug-likeness (QED) is 0.534. The lowest BCUT2D eigenvalue weighted by Gasteiger charge is -2.30. The third kappa shape index (κ3) is 3.57. The summed E-state index contributed by atoms with van der Waals surface area (Å²) in [5.41, 5.74) is 5.55. The Morgan fingerprint density at radius 3 is 2.27 bits per heavy atom. The van der Waals surface area contributed by atoms with Crippen LogP contribution in [0.5, 0.6) is 0 Å². The smallest absolute Gasteiger partial charge is 0.235 e. The molecule has 2 aromatic carbocycles. The largest absolute Gasteiger partial charge is 0.371 e. The average Bonchev–Trinajstić information content (AvgIpc) is 3.42. The summed E-state index contributed by atoms with van der Waals surface area (Å²) in [4.78, 5) is 2.43. The van der Waals surface area contributed by atoms with E-state index in [1.165, 1.54) is 24.9 Å². The molecule has 170 valence electrons. The molecule has 0 unspecified atom stereocenters. The summed E-state index contributed by atoms with van der Waals surface area (Å²) in [6.07, 6.45) is 7.38. The molecule has 0 radical (unpaired) electrons. The Bertz CT molecular complexity index is 1350. The van der Waals surface area contributed by atoms with Crippen molar-refractivity contribution in [2.24, 2.45) is 0 Å². The molecule has 7 heteroatoms. The maximum absolute atomic E-state index is 12.3. The van der Waals surface area contributed by atoms with Gasteiger partial charge in [-0.2, -0.15) is 5.26 Å². The molecule has 2 saturated carbocycles. The predicted molar refractivity (Wildman–Crippen MR) is 132 cm³/mol. The van der Waals surface area contributed by atoms with Crippen molar-refractivity contribution in [2.75, 3.05) is 22.7 Å². The highest BCUT2D eigenvalue weighted by Crippen LogP contribution is 2.43. The molecule has 1 N–H and O–H groups in total. The lowest BCUT2D eigenvalue weighted by molar-refractivity contribution is 0.324. The number of hydrogen-bond acceptors (Lipinski definition) is 4. The van der Waals surface area contributed by atoms with Gasteiger partial charge in [0.25, 0.3) is 0 Å². The number of anilines is 2. The van der Waals surface area contributed by atoms with Crippen molar-refractivity contribution in [3.05, 3.63) is 48.0 Å². The molecule has 0 spiro atoms. The minimum Gasteiger partial charge on any atom is -0.371 e. The van der Waals surface area contributed by atoms with Crippen LogP contribution in [0.15, 0.2) is 42.5 Å². The number of benzene rings is 2. The standard InChI is InChI=1S/C26H28N4O2S/c27-17-24-23-13-10-21(29-14-1-2-15-29)16-25(23)30(20-4-3-5-20)26(24)18-6-8-19(9-7-18)28-33(31,32)22-11-12-22/h6-10,13,16,20,22,28H,1-5,11-12,14-15H2. The van der Waals surface area contributed by atoms with E-state index in [4.69, 9.17) is 0 Å². The maximum atomic E-state index is 12.3. The number of aromatic nitrogens is 1. The van der Waals surface area contributed by atoms with Gasteiger partial charge < -0.3 is 9.47 Å². The van der Waals surface area contributed by atoms with Crippen LogP contribution in [0.3, 0.4) is 0 Å². The molecule has 0 bridgehead atoms. The van der Waals surface area contributed by atoms with Gasteiger partial charge in [-0.25, -0.2) is 8.42 Å². The minimum absolute atomic E-state index is 0.256. The van der Waals surface area contributed by atoms with Gasteiger partial charge in [0.05, 0.1) is 22.0 Å². The van der Waals surface area contributed by atoms with Gasteiger partial charge >= 0.3 is 0 Å². The number of nitrogens with zero attached hydrogens (tertiary/aromatic N) is 3. The van der Waals surface area contributed by atoms with Crippen molar-refractivity contribution < 1.29 is 8.42 Å². The highest BCUT2D eigenvalue weighted by Gasteiger charge is 2.35. The van der Waals surface area contributed by atoms with Crippen LogP contribution in [0, 0.1) is 11.3 Å². The molecule has 2 aliphatic carbocycles. The second kappa shape index (κ2) is 7.81. The zero-order chi connectivity index (χ0) is 22.6. The van der Waals surface area contributed by atoms with Crippen LogP contribution in [-0.2, 0) is 10.0 Å². The molecule has 0 atom stereocenters. The number of nitriles is 1. The first kappa shape index (κ1) is 20.6. The highest BCUT2D eigenvalue weighted by molar-refractivity contribution is 7.93. The number of fused-ring (bicyclic) bond motifs is 1.